The lowest BCUT2D eigenvalue weighted by molar-refractivity contribution is -0.121. The van der Waals surface area contributed by atoms with Crippen LogP contribution in [0.2, 0.25) is 0 Å². The van der Waals surface area contributed by atoms with Crippen LogP contribution in [0.5, 0.6) is 11.5 Å². The fraction of sp³-hybridized carbons (Fsp3) is 0.654. The molecule has 1 aromatic carbocycles. The Balaban J connectivity index is 1.69. The van der Waals surface area contributed by atoms with E-state index >= 15 is 0 Å². The minimum Gasteiger partial charge on any atom is -0.493 e. The summed E-state index contributed by atoms with van der Waals surface area (Å²) in [5.74, 6) is 3.06. The minimum absolute atomic E-state index is 0.0992. The molecule has 31 heavy (non-hydrogen) atoms. The number of nitrogens with zero attached hydrogens (tertiary/aromatic N) is 1. The summed E-state index contributed by atoms with van der Waals surface area (Å²) in [6, 6.07) is 4.68. The van der Waals surface area contributed by atoms with Gasteiger partial charge in [-0.25, -0.2) is 0 Å². The highest BCUT2D eigenvalue weighted by Crippen LogP contribution is 2.68. The van der Waals surface area contributed by atoms with Crippen LogP contribution < -0.4 is 9.47 Å². The van der Waals surface area contributed by atoms with Gasteiger partial charge < -0.3 is 14.2 Å². The molecule has 2 fully saturated rings. The summed E-state index contributed by atoms with van der Waals surface area (Å²) in [5.41, 5.74) is 2.05. The Kier molecular flexibility index (Phi) is 5.08. The lowest BCUT2D eigenvalue weighted by Crippen LogP contribution is -2.52. The fourth-order valence-corrected chi connectivity index (χ4v) is 6.42. The van der Waals surface area contributed by atoms with Crippen molar-refractivity contribution in [2.45, 2.75) is 75.8 Å². The maximum Gasteiger partial charge on any atom is 0.198 e. The molecule has 5 nitrogen and oxygen atoms in total. The molecule has 0 bridgehead atoms. The van der Waals surface area contributed by atoms with E-state index in [9.17, 15) is 4.79 Å². The molecule has 1 saturated heterocycles. The van der Waals surface area contributed by atoms with E-state index in [0.29, 0.717) is 24.8 Å². The molecule has 168 valence electrons. The molecule has 4 atom stereocenters. The summed E-state index contributed by atoms with van der Waals surface area (Å²) in [6.07, 6.45) is 9.23. The Morgan fingerprint density at radius 2 is 1.97 bits per heavy atom. The van der Waals surface area contributed by atoms with E-state index in [2.05, 4.69) is 30.9 Å². The predicted octanol–water partition coefficient (Wildman–Crippen LogP) is 4.41. The zero-order valence-corrected chi connectivity index (χ0v) is 19.3. The highest BCUT2D eigenvalue weighted by molar-refractivity contribution is 5.97. The van der Waals surface area contributed by atoms with Crippen LogP contribution in [0.15, 0.2) is 24.0 Å². The van der Waals surface area contributed by atoms with Crippen LogP contribution in [0, 0.1) is 5.92 Å². The van der Waals surface area contributed by atoms with Gasteiger partial charge >= 0.3 is 0 Å². The van der Waals surface area contributed by atoms with Gasteiger partial charge in [-0.2, -0.15) is 0 Å². The smallest absolute Gasteiger partial charge is 0.198 e. The Bertz CT molecular complexity index is 920. The third-order valence-corrected chi connectivity index (χ3v) is 8.19. The number of carbonyl (C=O) groups excluding carboxylic acids is 1. The maximum atomic E-state index is 13.2. The van der Waals surface area contributed by atoms with Gasteiger partial charge in [0, 0.05) is 30.0 Å². The lowest BCUT2D eigenvalue weighted by Gasteiger charge is -2.47. The van der Waals surface area contributed by atoms with Crippen molar-refractivity contribution in [3.05, 3.63) is 35.1 Å². The van der Waals surface area contributed by atoms with Gasteiger partial charge in [-0.1, -0.05) is 26.3 Å². The summed E-state index contributed by atoms with van der Waals surface area (Å²) in [7, 11) is 3.33. The second kappa shape index (κ2) is 7.54. The van der Waals surface area contributed by atoms with E-state index in [1.54, 1.807) is 14.2 Å². The normalized spacial score (nSPS) is 33.0. The van der Waals surface area contributed by atoms with Crippen molar-refractivity contribution in [1.29, 1.82) is 0 Å². The largest absolute Gasteiger partial charge is 0.493 e. The van der Waals surface area contributed by atoms with Crippen molar-refractivity contribution in [2.75, 3.05) is 27.4 Å². The molecule has 4 aliphatic rings. The number of methoxy groups -OCH3 is 2. The quantitative estimate of drug-likeness (QED) is 0.433. The van der Waals surface area contributed by atoms with Crippen LogP contribution in [0.1, 0.15) is 63.5 Å². The molecule has 1 aliphatic heterocycles. The van der Waals surface area contributed by atoms with Crippen LogP contribution in [0.4, 0.5) is 0 Å². The van der Waals surface area contributed by atoms with E-state index in [1.807, 2.05) is 6.07 Å². The van der Waals surface area contributed by atoms with Gasteiger partial charge in [0.25, 0.3) is 0 Å². The number of Topliss-reactive ketones (excluding diaryl/α,β-unsaturated/α-hetero) is 1. The van der Waals surface area contributed by atoms with Gasteiger partial charge in [0.15, 0.2) is 23.0 Å². The van der Waals surface area contributed by atoms with Crippen molar-refractivity contribution < 1.29 is 19.0 Å². The van der Waals surface area contributed by atoms with Crippen LogP contribution >= 0.6 is 0 Å². The average molecular weight is 426 g/mol. The molecule has 2 unspecified atom stereocenters. The van der Waals surface area contributed by atoms with Crippen molar-refractivity contribution >= 4 is 5.78 Å². The molecular weight excluding hydrogens is 390 g/mol. The fourth-order valence-electron chi connectivity index (χ4n) is 6.42. The Morgan fingerprint density at radius 3 is 2.61 bits per heavy atom. The predicted molar refractivity (Wildman–Crippen MR) is 120 cm³/mol. The first kappa shape index (κ1) is 20.9. The Morgan fingerprint density at radius 1 is 1.16 bits per heavy atom. The summed E-state index contributed by atoms with van der Waals surface area (Å²) < 4.78 is 17.8. The molecule has 0 N–H and O–H groups in total. The summed E-state index contributed by atoms with van der Waals surface area (Å²) in [6.45, 7) is 6.18. The average Bonchev–Trinajstić information content (AvgIpc) is 3.70. The van der Waals surface area contributed by atoms with Crippen LogP contribution in [0.25, 0.3) is 0 Å². The Hall–Kier alpha value is -2.01. The number of allylic oxidation sites excluding steroid dienone is 1. The number of hydrogen-bond donors (Lipinski definition) is 0. The molecule has 0 amide bonds. The number of carbonyl (C=O) groups is 1. The van der Waals surface area contributed by atoms with Crippen molar-refractivity contribution in [2.24, 2.45) is 5.92 Å². The second-order valence-electron chi connectivity index (χ2n) is 9.72. The minimum atomic E-state index is -0.310. The standard InChI is InChI=1S/C26H35NO4/c1-5-7-12-31-24-20(29-3)11-10-18-13-22-26(27(22)16-17-8-9-17)15-21(30-4)19(28)14-25(26,6-2)23(18)24/h10-11,15,17,22H,5-9,12-14,16H2,1-4H3/t22-,25-,26?,27?/m0/s1. The number of hydrogen-bond acceptors (Lipinski definition) is 5. The second-order valence-corrected chi connectivity index (χ2v) is 9.72. The lowest BCUT2D eigenvalue weighted by atomic mass is 9.56. The highest BCUT2D eigenvalue weighted by atomic mass is 16.5. The SMILES string of the molecule is CCCCOc1c(OC)ccc2c1[C@]1(CC)CC(=O)C(OC)=CC13[C@H](C2)N3CC1CC1. The van der Waals surface area contributed by atoms with Gasteiger partial charge in [-0.05, 0) is 55.7 Å². The molecule has 1 aromatic rings. The maximum absolute atomic E-state index is 13.2. The van der Waals surface area contributed by atoms with Crippen LogP contribution in [-0.4, -0.2) is 49.6 Å². The first-order valence-electron chi connectivity index (χ1n) is 12.0. The summed E-state index contributed by atoms with van der Waals surface area (Å²) in [4.78, 5) is 15.9. The van der Waals surface area contributed by atoms with Crippen molar-refractivity contribution in [3.8, 4) is 11.5 Å². The van der Waals surface area contributed by atoms with E-state index in [-0.39, 0.29) is 16.7 Å². The topological polar surface area (TPSA) is 47.8 Å². The number of fused-ring (bicyclic) bond motifs is 2. The van der Waals surface area contributed by atoms with Crippen LogP contribution in [0.3, 0.4) is 0 Å². The van der Waals surface area contributed by atoms with Gasteiger partial charge in [-0.3, -0.25) is 9.69 Å². The monoisotopic (exact) mass is 425 g/mol. The number of benzene rings is 1. The zero-order valence-electron chi connectivity index (χ0n) is 19.3. The third-order valence-electron chi connectivity index (χ3n) is 8.19. The number of rotatable bonds is 9. The summed E-state index contributed by atoms with van der Waals surface area (Å²) in [5, 5.41) is 0. The van der Waals surface area contributed by atoms with E-state index in [1.165, 1.54) is 24.0 Å². The summed E-state index contributed by atoms with van der Waals surface area (Å²) >= 11 is 0. The van der Waals surface area contributed by atoms with Crippen LogP contribution in [-0.2, 0) is 21.4 Å². The number of ketones is 1. The van der Waals surface area contributed by atoms with Gasteiger partial charge in [0.1, 0.15) is 0 Å². The van der Waals surface area contributed by atoms with Crippen molar-refractivity contribution in [3.63, 3.8) is 0 Å². The highest BCUT2D eigenvalue weighted by Gasteiger charge is 2.76. The molecule has 0 aromatic heterocycles. The zero-order chi connectivity index (χ0) is 21.8. The molecule has 5 rings (SSSR count). The molecule has 1 saturated carbocycles. The molecule has 1 spiro atoms. The van der Waals surface area contributed by atoms with Gasteiger partial charge in [-0.15, -0.1) is 0 Å². The van der Waals surface area contributed by atoms with Gasteiger partial charge in [0.05, 0.1) is 26.4 Å². The number of unbranched alkanes of at least 4 members (excludes halogenated alkanes) is 1. The van der Waals surface area contributed by atoms with E-state index in [4.69, 9.17) is 14.2 Å². The third kappa shape index (κ3) is 2.88. The molecule has 0 radical (unpaired) electrons. The van der Waals surface area contributed by atoms with Crippen molar-refractivity contribution in [1.82, 2.24) is 4.90 Å². The van der Waals surface area contributed by atoms with Gasteiger partial charge in [0.2, 0.25) is 0 Å². The Labute approximate surface area is 185 Å². The molecular formula is C26H35NO4. The first-order valence-corrected chi connectivity index (χ1v) is 12.0. The molecule has 1 heterocycles. The van der Waals surface area contributed by atoms with E-state index < -0.39 is 0 Å². The van der Waals surface area contributed by atoms with E-state index in [0.717, 1.165) is 49.6 Å². The molecule has 5 heteroatoms. The molecule has 3 aliphatic carbocycles. The number of ether oxygens (including phenoxy) is 3. The first-order chi connectivity index (χ1) is 15.1.